The molecule has 102 valence electrons. The number of nitrogens with two attached hydrogens (primary N) is 1. The van der Waals surface area contributed by atoms with Gasteiger partial charge in [-0.15, -0.1) is 0 Å². The van der Waals surface area contributed by atoms with Gasteiger partial charge in [0.2, 0.25) is 5.91 Å². The van der Waals surface area contributed by atoms with Gasteiger partial charge in [-0.2, -0.15) is 0 Å². The zero-order valence-corrected chi connectivity index (χ0v) is 10.8. The molecule has 2 rings (SSSR count). The first kappa shape index (κ1) is 13.5. The van der Waals surface area contributed by atoms with Crippen molar-refractivity contribution >= 4 is 11.8 Å². The number of nitrogens with one attached hydrogen (secondary N) is 2. The maximum absolute atomic E-state index is 12.0. The Morgan fingerprint density at radius 2 is 2.11 bits per heavy atom. The van der Waals surface area contributed by atoms with Crippen molar-refractivity contribution in [3.8, 4) is 0 Å². The number of hydrogen-bond acceptors (Lipinski definition) is 3. The summed E-state index contributed by atoms with van der Waals surface area (Å²) >= 11 is 0. The first-order chi connectivity index (χ1) is 9.20. The summed E-state index contributed by atoms with van der Waals surface area (Å²) in [5, 5.41) is 5.51. The molecule has 5 nitrogen and oxygen atoms in total. The largest absolute Gasteiger partial charge is 0.354 e. The molecular formula is C14H19N3O2. The fraction of sp³-hybridized carbons (Fsp3) is 0.429. The smallest absolute Gasteiger partial charge is 0.251 e. The lowest BCUT2D eigenvalue weighted by Crippen LogP contribution is -2.50. The molecule has 0 aliphatic carbocycles. The van der Waals surface area contributed by atoms with Crippen LogP contribution in [0.5, 0.6) is 0 Å². The Morgan fingerprint density at radius 1 is 1.37 bits per heavy atom. The second kappa shape index (κ2) is 6.33. The van der Waals surface area contributed by atoms with Crippen molar-refractivity contribution in [2.75, 3.05) is 13.1 Å². The van der Waals surface area contributed by atoms with Crippen LogP contribution < -0.4 is 16.4 Å². The van der Waals surface area contributed by atoms with Crippen molar-refractivity contribution in [3.63, 3.8) is 0 Å². The Kier molecular flexibility index (Phi) is 4.52. The van der Waals surface area contributed by atoms with Gasteiger partial charge >= 0.3 is 0 Å². The van der Waals surface area contributed by atoms with Crippen molar-refractivity contribution < 1.29 is 9.59 Å². The lowest BCUT2D eigenvalue weighted by Gasteiger charge is -2.22. The number of carbonyl (C=O) groups is 2. The maximum atomic E-state index is 12.0. The van der Waals surface area contributed by atoms with Gasteiger partial charge in [0.25, 0.3) is 5.91 Å². The summed E-state index contributed by atoms with van der Waals surface area (Å²) in [4.78, 5) is 23.6. The molecule has 1 saturated heterocycles. The van der Waals surface area contributed by atoms with E-state index in [2.05, 4.69) is 10.6 Å². The maximum Gasteiger partial charge on any atom is 0.251 e. The van der Waals surface area contributed by atoms with E-state index in [1.807, 2.05) is 12.1 Å². The topological polar surface area (TPSA) is 84.2 Å². The molecule has 1 aliphatic rings. The summed E-state index contributed by atoms with van der Waals surface area (Å²) in [6, 6.07) is 6.90. The van der Waals surface area contributed by atoms with E-state index in [0.29, 0.717) is 25.1 Å². The quantitative estimate of drug-likeness (QED) is 0.723. The molecule has 1 aromatic carbocycles. The first-order valence-electron chi connectivity index (χ1n) is 6.58. The summed E-state index contributed by atoms with van der Waals surface area (Å²) in [6.07, 6.45) is 2.39. The second-order valence-corrected chi connectivity index (χ2v) is 4.69. The van der Waals surface area contributed by atoms with E-state index < -0.39 is 6.04 Å². The summed E-state index contributed by atoms with van der Waals surface area (Å²) < 4.78 is 0. The van der Waals surface area contributed by atoms with Gasteiger partial charge in [0.05, 0.1) is 0 Å². The molecule has 1 unspecified atom stereocenters. The zero-order chi connectivity index (χ0) is 13.7. The van der Waals surface area contributed by atoms with E-state index in [9.17, 15) is 9.59 Å². The van der Waals surface area contributed by atoms with Crippen LogP contribution in [0.25, 0.3) is 0 Å². The van der Waals surface area contributed by atoms with Crippen LogP contribution in [0.4, 0.5) is 0 Å². The van der Waals surface area contributed by atoms with Crippen LogP contribution in [0.1, 0.15) is 28.8 Å². The number of carbonyl (C=O) groups excluding carboxylic acids is 2. The first-order valence-corrected chi connectivity index (χ1v) is 6.58. The molecule has 4 N–H and O–H groups in total. The van der Waals surface area contributed by atoms with Crippen LogP contribution in [0, 0.1) is 0 Å². The Bertz CT molecular complexity index is 456. The van der Waals surface area contributed by atoms with Crippen LogP contribution in [0.2, 0.25) is 0 Å². The average Bonchev–Trinajstić information content (AvgIpc) is 2.42. The number of benzene rings is 1. The van der Waals surface area contributed by atoms with E-state index >= 15 is 0 Å². The van der Waals surface area contributed by atoms with E-state index in [-0.39, 0.29) is 11.8 Å². The highest BCUT2D eigenvalue weighted by Crippen LogP contribution is 2.07. The van der Waals surface area contributed by atoms with Gasteiger partial charge in [-0.25, -0.2) is 0 Å². The van der Waals surface area contributed by atoms with Crippen LogP contribution in [-0.4, -0.2) is 30.9 Å². The van der Waals surface area contributed by atoms with Gasteiger partial charge in [0, 0.05) is 12.1 Å². The average molecular weight is 261 g/mol. The molecule has 1 fully saturated rings. The fourth-order valence-electron chi connectivity index (χ4n) is 2.14. The van der Waals surface area contributed by atoms with Gasteiger partial charge in [0.15, 0.2) is 0 Å². The highest BCUT2D eigenvalue weighted by Gasteiger charge is 2.23. The van der Waals surface area contributed by atoms with Crippen molar-refractivity contribution in [2.24, 2.45) is 5.73 Å². The van der Waals surface area contributed by atoms with Crippen molar-refractivity contribution in [2.45, 2.75) is 25.3 Å². The number of amides is 2. The molecule has 0 radical (unpaired) electrons. The fourth-order valence-corrected chi connectivity index (χ4v) is 2.14. The predicted molar refractivity (Wildman–Crippen MR) is 72.7 cm³/mol. The monoisotopic (exact) mass is 261 g/mol. The minimum Gasteiger partial charge on any atom is -0.354 e. The molecular weight excluding hydrogens is 242 g/mol. The van der Waals surface area contributed by atoms with Crippen molar-refractivity contribution in [1.29, 1.82) is 0 Å². The standard InChI is InChI=1S/C14H19N3O2/c15-8-7-10-3-5-11(6-4-10)13(18)17-12-2-1-9-16-14(12)19/h3-6,12H,1-2,7-9,15H2,(H,16,19)(H,17,18). The van der Waals surface area contributed by atoms with Gasteiger partial charge in [-0.05, 0) is 43.5 Å². The predicted octanol–water partition coefficient (Wildman–Crippen LogP) is 0.196. The molecule has 19 heavy (non-hydrogen) atoms. The van der Waals surface area contributed by atoms with Crippen LogP contribution in [-0.2, 0) is 11.2 Å². The Morgan fingerprint density at radius 3 is 2.74 bits per heavy atom. The summed E-state index contributed by atoms with van der Waals surface area (Å²) in [5.74, 6) is -0.305. The Labute approximate surface area is 112 Å². The lowest BCUT2D eigenvalue weighted by atomic mass is 10.1. The second-order valence-electron chi connectivity index (χ2n) is 4.69. The normalized spacial score (nSPS) is 18.8. The molecule has 1 aromatic rings. The number of hydrogen-bond donors (Lipinski definition) is 3. The minimum atomic E-state index is -0.412. The molecule has 0 bridgehead atoms. The lowest BCUT2D eigenvalue weighted by molar-refractivity contribution is -0.124. The van der Waals surface area contributed by atoms with Gasteiger partial charge < -0.3 is 16.4 Å². The third-order valence-corrected chi connectivity index (χ3v) is 3.24. The summed E-state index contributed by atoms with van der Waals surface area (Å²) in [5.41, 5.74) is 7.15. The Hall–Kier alpha value is -1.88. The highest BCUT2D eigenvalue weighted by atomic mass is 16.2. The third-order valence-electron chi connectivity index (χ3n) is 3.24. The zero-order valence-electron chi connectivity index (χ0n) is 10.8. The Balaban J connectivity index is 1.97. The van der Waals surface area contributed by atoms with Crippen molar-refractivity contribution in [3.05, 3.63) is 35.4 Å². The molecule has 1 heterocycles. The van der Waals surface area contributed by atoms with Gasteiger partial charge in [0.1, 0.15) is 6.04 Å². The van der Waals surface area contributed by atoms with Crippen molar-refractivity contribution in [1.82, 2.24) is 10.6 Å². The number of piperidine rings is 1. The van der Waals surface area contributed by atoms with Crippen LogP contribution in [0.15, 0.2) is 24.3 Å². The molecule has 5 heteroatoms. The molecule has 0 saturated carbocycles. The van der Waals surface area contributed by atoms with Crippen LogP contribution >= 0.6 is 0 Å². The third kappa shape index (κ3) is 3.54. The van der Waals surface area contributed by atoms with Gasteiger partial charge in [-0.3, -0.25) is 9.59 Å². The van der Waals surface area contributed by atoms with Crippen LogP contribution in [0.3, 0.4) is 0 Å². The molecule has 1 atom stereocenters. The minimum absolute atomic E-state index is 0.0978. The molecule has 1 aliphatic heterocycles. The van der Waals surface area contributed by atoms with E-state index in [4.69, 9.17) is 5.73 Å². The summed E-state index contributed by atoms with van der Waals surface area (Å²) in [7, 11) is 0. The summed E-state index contributed by atoms with van der Waals surface area (Å²) in [6.45, 7) is 1.28. The SMILES string of the molecule is NCCc1ccc(C(=O)NC2CCCNC2=O)cc1. The van der Waals surface area contributed by atoms with Gasteiger partial charge in [-0.1, -0.05) is 12.1 Å². The van der Waals surface area contributed by atoms with E-state index in [1.165, 1.54) is 0 Å². The molecule has 0 spiro atoms. The molecule has 0 aromatic heterocycles. The molecule has 2 amide bonds. The highest BCUT2D eigenvalue weighted by molar-refractivity contribution is 5.97. The van der Waals surface area contributed by atoms with E-state index in [0.717, 1.165) is 18.4 Å². The number of rotatable bonds is 4. The van der Waals surface area contributed by atoms with E-state index in [1.54, 1.807) is 12.1 Å².